The zero-order chi connectivity index (χ0) is 13.4. The number of amides is 1. The summed E-state index contributed by atoms with van der Waals surface area (Å²) in [5, 5.41) is 0. The highest BCUT2D eigenvalue weighted by Crippen LogP contribution is 2.38. The summed E-state index contributed by atoms with van der Waals surface area (Å²) in [7, 11) is 0. The Morgan fingerprint density at radius 1 is 1.00 bits per heavy atom. The van der Waals surface area contributed by atoms with Crippen LogP contribution in [0.1, 0.15) is 41.0 Å². The monoisotopic (exact) mass is 251 g/mol. The van der Waals surface area contributed by atoms with E-state index in [1.807, 2.05) is 36.4 Å². The summed E-state index contributed by atoms with van der Waals surface area (Å²) in [5.41, 5.74) is 10.3. The van der Waals surface area contributed by atoms with Gasteiger partial charge in [0.1, 0.15) is 0 Å². The van der Waals surface area contributed by atoms with E-state index in [2.05, 4.69) is 19.1 Å². The molecule has 0 aromatic heterocycles. The van der Waals surface area contributed by atoms with Crippen molar-refractivity contribution in [1.29, 1.82) is 0 Å². The molecule has 2 N–H and O–H groups in total. The molecule has 96 valence electrons. The molecule has 2 aromatic rings. The summed E-state index contributed by atoms with van der Waals surface area (Å²) in [6.45, 7) is 2.21. The van der Waals surface area contributed by atoms with Crippen LogP contribution in [0.5, 0.6) is 0 Å². The maximum Gasteiger partial charge on any atom is 0.229 e. The number of rotatable bonds is 1. The lowest BCUT2D eigenvalue weighted by Crippen LogP contribution is -2.23. The Hall–Kier alpha value is -2.09. The van der Waals surface area contributed by atoms with Gasteiger partial charge in [-0.2, -0.15) is 0 Å². The van der Waals surface area contributed by atoms with Crippen LogP contribution in [0.3, 0.4) is 0 Å². The summed E-state index contributed by atoms with van der Waals surface area (Å²) < 4.78 is 0. The smallest absolute Gasteiger partial charge is 0.229 e. The van der Waals surface area contributed by atoms with E-state index in [0.29, 0.717) is 5.92 Å². The normalized spacial score (nSPS) is 21.1. The third-order valence-corrected chi connectivity index (χ3v) is 4.01. The predicted octanol–water partition coefficient (Wildman–Crippen LogP) is 2.96. The zero-order valence-corrected chi connectivity index (χ0v) is 11.0. The average molecular weight is 251 g/mol. The minimum Gasteiger partial charge on any atom is -0.369 e. The van der Waals surface area contributed by atoms with Crippen molar-refractivity contribution in [3.63, 3.8) is 0 Å². The highest BCUT2D eigenvalue weighted by atomic mass is 16.1. The van der Waals surface area contributed by atoms with Crippen molar-refractivity contribution < 1.29 is 4.79 Å². The Kier molecular flexibility index (Phi) is 2.86. The van der Waals surface area contributed by atoms with Crippen LogP contribution in [0, 0.1) is 0 Å². The SMILES string of the molecule is CC1Cc2ccccc2C(C(N)=O)c2ccccc21. The fourth-order valence-corrected chi connectivity index (χ4v) is 3.14. The number of primary amides is 1. The van der Waals surface area contributed by atoms with Crippen molar-refractivity contribution in [2.75, 3.05) is 0 Å². The third-order valence-electron chi connectivity index (χ3n) is 4.01. The van der Waals surface area contributed by atoms with Crippen LogP contribution in [-0.2, 0) is 11.2 Å². The van der Waals surface area contributed by atoms with Crippen molar-refractivity contribution in [2.24, 2.45) is 5.73 Å². The molecule has 0 bridgehead atoms. The van der Waals surface area contributed by atoms with E-state index in [-0.39, 0.29) is 11.8 Å². The Bertz CT molecular complexity index is 633. The molecule has 1 aliphatic carbocycles. The van der Waals surface area contributed by atoms with Crippen molar-refractivity contribution in [3.05, 3.63) is 70.8 Å². The van der Waals surface area contributed by atoms with E-state index in [4.69, 9.17) is 5.73 Å². The first-order valence-electron chi connectivity index (χ1n) is 6.64. The van der Waals surface area contributed by atoms with Gasteiger partial charge in [0.15, 0.2) is 0 Å². The van der Waals surface area contributed by atoms with E-state index >= 15 is 0 Å². The molecule has 0 saturated heterocycles. The molecule has 2 aromatic carbocycles. The van der Waals surface area contributed by atoms with Crippen molar-refractivity contribution >= 4 is 5.91 Å². The van der Waals surface area contributed by atoms with Gasteiger partial charge in [-0.3, -0.25) is 4.79 Å². The van der Waals surface area contributed by atoms with Crippen molar-refractivity contribution in [1.82, 2.24) is 0 Å². The molecule has 2 nitrogen and oxygen atoms in total. The van der Waals surface area contributed by atoms with Gasteiger partial charge in [0, 0.05) is 0 Å². The van der Waals surface area contributed by atoms with E-state index < -0.39 is 0 Å². The fourth-order valence-electron chi connectivity index (χ4n) is 3.14. The highest BCUT2D eigenvalue weighted by Gasteiger charge is 2.29. The maximum absolute atomic E-state index is 12.0. The summed E-state index contributed by atoms with van der Waals surface area (Å²) in [5.74, 6) is -0.187. The van der Waals surface area contributed by atoms with Gasteiger partial charge < -0.3 is 5.73 Å². The first-order chi connectivity index (χ1) is 9.18. The highest BCUT2D eigenvalue weighted by molar-refractivity contribution is 5.87. The fraction of sp³-hybridized carbons (Fsp3) is 0.235. The lowest BCUT2D eigenvalue weighted by atomic mass is 9.87. The molecule has 0 spiro atoms. The van der Waals surface area contributed by atoms with Gasteiger partial charge >= 0.3 is 0 Å². The molecule has 0 saturated carbocycles. The maximum atomic E-state index is 12.0. The van der Waals surface area contributed by atoms with Crippen LogP contribution >= 0.6 is 0 Å². The van der Waals surface area contributed by atoms with Crippen LogP contribution in [0.25, 0.3) is 0 Å². The number of fused-ring (bicyclic) bond motifs is 2. The van der Waals surface area contributed by atoms with E-state index in [1.165, 1.54) is 11.1 Å². The Labute approximate surface area is 113 Å². The number of carbonyl (C=O) groups excluding carboxylic acids is 1. The molecule has 1 aliphatic rings. The standard InChI is InChI=1S/C17H17NO/c1-11-10-12-6-2-3-8-14(12)16(17(18)19)15-9-5-4-7-13(11)15/h2-9,11,16H,10H2,1H3,(H2,18,19). The molecule has 0 radical (unpaired) electrons. The molecule has 0 aliphatic heterocycles. The Balaban J connectivity index is 2.28. The molecular formula is C17H17NO. The molecule has 2 unspecified atom stereocenters. The van der Waals surface area contributed by atoms with Crippen LogP contribution in [0.15, 0.2) is 48.5 Å². The molecule has 2 heteroatoms. The quantitative estimate of drug-likeness (QED) is 0.832. The van der Waals surface area contributed by atoms with Gasteiger partial charge in [-0.1, -0.05) is 55.5 Å². The van der Waals surface area contributed by atoms with Crippen LogP contribution in [0.4, 0.5) is 0 Å². The first-order valence-corrected chi connectivity index (χ1v) is 6.64. The Morgan fingerprint density at radius 2 is 1.58 bits per heavy atom. The van der Waals surface area contributed by atoms with Crippen LogP contribution in [-0.4, -0.2) is 5.91 Å². The second kappa shape index (κ2) is 4.54. The topological polar surface area (TPSA) is 43.1 Å². The summed E-state index contributed by atoms with van der Waals surface area (Å²) in [4.78, 5) is 12.0. The average Bonchev–Trinajstić information content (AvgIpc) is 2.53. The molecule has 3 rings (SSSR count). The third kappa shape index (κ3) is 1.93. The number of carbonyl (C=O) groups is 1. The zero-order valence-electron chi connectivity index (χ0n) is 11.0. The molecule has 1 amide bonds. The van der Waals surface area contributed by atoms with Crippen molar-refractivity contribution in [3.8, 4) is 0 Å². The number of hydrogen-bond donors (Lipinski definition) is 1. The van der Waals surface area contributed by atoms with Gasteiger partial charge in [-0.05, 0) is 34.6 Å². The number of nitrogens with two attached hydrogens (primary N) is 1. The second-order valence-corrected chi connectivity index (χ2v) is 5.27. The lowest BCUT2D eigenvalue weighted by molar-refractivity contribution is -0.118. The molecule has 19 heavy (non-hydrogen) atoms. The van der Waals surface area contributed by atoms with Crippen molar-refractivity contribution in [2.45, 2.75) is 25.2 Å². The number of benzene rings is 2. The minimum atomic E-state index is -0.322. The van der Waals surface area contributed by atoms with Crippen LogP contribution < -0.4 is 5.73 Å². The van der Waals surface area contributed by atoms with Gasteiger partial charge in [-0.25, -0.2) is 0 Å². The van der Waals surface area contributed by atoms with Gasteiger partial charge in [0.05, 0.1) is 5.92 Å². The summed E-state index contributed by atoms with van der Waals surface area (Å²) >= 11 is 0. The van der Waals surface area contributed by atoms with E-state index in [0.717, 1.165) is 17.5 Å². The molecular weight excluding hydrogens is 234 g/mol. The molecule has 2 atom stereocenters. The van der Waals surface area contributed by atoms with E-state index in [1.54, 1.807) is 0 Å². The molecule has 0 fully saturated rings. The van der Waals surface area contributed by atoms with Crippen LogP contribution in [0.2, 0.25) is 0 Å². The second-order valence-electron chi connectivity index (χ2n) is 5.27. The van der Waals surface area contributed by atoms with E-state index in [9.17, 15) is 4.79 Å². The summed E-state index contributed by atoms with van der Waals surface area (Å²) in [6.07, 6.45) is 0.955. The first kappa shape index (κ1) is 12.0. The predicted molar refractivity (Wildman–Crippen MR) is 76.0 cm³/mol. The minimum absolute atomic E-state index is 0.269. The largest absolute Gasteiger partial charge is 0.369 e. The summed E-state index contributed by atoms with van der Waals surface area (Å²) in [6, 6.07) is 16.3. The van der Waals surface area contributed by atoms with Gasteiger partial charge in [0.2, 0.25) is 5.91 Å². The molecule has 0 heterocycles. The van der Waals surface area contributed by atoms with Gasteiger partial charge in [-0.15, -0.1) is 0 Å². The lowest BCUT2D eigenvalue weighted by Gasteiger charge is -2.17. The van der Waals surface area contributed by atoms with Gasteiger partial charge in [0.25, 0.3) is 0 Å². The Morgan fingerprint density at radius 3 is 2.26 bits per heavy atom. The number of hydrogen-bond acceptors (Lipinski definition) is 1.